The topological polar surface area (TPSA) is 62.1 Å². The molecule has 1 aromatic heterocycles. The van der Waals surface area contributed by atoms with Crippen molar-refractivity contribution in [1.29, 1.82) is 0 Å². The van der Waals surface area contributed by atoms with E-state index in [0.717, 1.165) is 29.5 Å². The third-order valence-corrected chi connectivity index (χ3v) is 3.49. The van der Waals surface area contributed by atoms with Crippen molar-refractivity contribution in [3.8, 4) is 0 Å². The van der Waals surface area contributed by atoms with E-state index in [0.29, 0.717) is 18.6 Å². The highest BCUT2D eigenvalue weighted by molar-refractivity contribution is 5.85. The summed E-state index contributed by atoms with van der Waals surface area (Å²) in [6, 6.07) is 4.63. The van der Waals surface area contributed by atoms with Crippen LogP contribution in [0.1, 0.15) is 17.7 Å². The summed E-state index contributed by atoms with van der Waals surface area (Å²) in [5.74, 6) is -0.258. The molecule has 1 aliphatic rings. The molecule has 94 valence electrons. The van der Waals surface area contributed by atoms with Crippen molar-refractivity contribution in [1.82, 2.24) is 9.88 Å². The molecule has 1 aromatic carbocycles. The molecule has 2 heterocycles. The summed E-state index contributed by atoms with van der Waals surface area (Å²) >= 11 is 0. The molecule has 0 fully saturated rings. The van der Waals surface area contributed by atoms with E-state index in [2.05, 4.69) is 4.98 Å². The molecule has 18 heavy (non-hydrogen) atoms. The molecule has 0 atom stereocenters. The number of benzene rings is 1. The zero-order chi connectivity index (χ0) is 12.7. The second-order valence-electron chi connectivity index (χ2n) is 4.61. The van der Waals surface area contributed by atoms with E-state index >= 15 is 0 Å². The SMILES string of the molecule is NC(=O)N1CCCc2c([nH]c3c(F)cccc23)C1. The van der Waals surface area contributed by atoms with E-state index in [1.807, 2.05) is 6.07 Å². The summed E-state index contributed by atoms with van der Waals surface area (Å²) in [4.78, 5) is 15.9. The molecule has 0 aliphatic carbocycles. The number of primary amides is 1. The number of rotatable bonds is 0. The first-order valence-electron chi connectivity index (χ1n) is 5.99. The number of carbonyl (C=O) groups is 1. The zero-order valence-corrected chi connectivity index (χ0v) is 9.87. The van der Waals surface area contributed by atoms with Crippen molar-refractivity contribution in [2.45, 2.75) is 19.4 Å². The number of H-pyrrole nitrogens is 1. The number of hydrogen-bond acceptors (Lipinski definition) is 1. The predicted octanol–water partition coefficient (Wildman–Crippen LogP) is 2.13. The second kappa shape index (κ2) is 4.01. The van der Waals surface area contributed by atoms with E-state index < -0.39 is 6.03 Å². The predicted molar refractivity (Wildman–Crippen MR) is 66.6 cm³/mol. The average Bonchev–Trinajstić information content (AvgIpc) is 2.56. The lowest BCUT2D eigenvalue weighted by molar-refractivity contribution is 0.205. The first-order chi connectivity index (χ1) is 8.66. The molecule has 0 saturated carbocycles. The quantitative estimate of drug-likeness (QED) is 0.736. The zero-order valence-electron chi connectivity index (χ0n) is 9.87. The number of carbonyl (C=O) groups excluding carboxylic acids is 1. The van der Waals surface area contributed by atoms with Gasteiger partial charge < -0.3 is 15.6 Å². The Balaban J connectivity index is 2.13. The Morgan fingerprint density at radius 2 is 2.28 bits per heavy atom. The fourth-order valence-corrected chi connectivity index (χ4v) is 2.62. The highest BCUT2D eigenvalue weighted by Gasteiger charge is 2.21. The van der Waals surface area contributed by atoms with Crippen molar-refractivity contribution < 1.29 is 9.18 Å². The number of nitrogens with one attached hydrogen (secondary N) is 1. The Morgan fingerprint density at radius 3 is 3.06 bits per heavy atom. The van der Waals surface area contributed by atoms with Crippen LogP contribution in [0.15, 0.2) is 18.2 Å². The number of hydrogen-bond donors (Lipinski definition) is 2. The maximum absolute atomic E-state index is 13.7. The second-order valence-corrected chi connectivity index (χ2v) is 4.61. The largest absolute Gasteiger partial charge is 0.354 e. The van der Waals surface area contributed by atoms with Crippen molar-refractivity contribution in [3.05, 3.63) is 35.3 Å². The summed E-state index contributed by atoms with van der Waals surface area (Å²) in [7, 11) is 0. The van der Waals surface area contributed by atoms with Crippen LogP contribution in [0.4, 0.5) is 9.18 Å². The minimum absolute atomic E-state index is 0.258. The Bertz CT molecular complexity index is 620. The lowest BCUT2D eigenvalue weighted by Crippen LogP contribution is -2.35. The molecule has 0 bridgehead atoms. The molecule has 2 aromatic rings. The lowest BCUT2D eigenvalue weighted by atomic mass is 10.1. The van der Waals surface area contributed by atoms with E-state index in [9.17, 15) is 9.18 Å². The number of amides is 2. The smallest absolute Gasteiger partial charge is 0.315 e. The van der Waals surface area contributed by atoms with Crippen molar-refractivity contribution in [2.24, 2.45) is 5.73 Å². The first-order valence-corrected chi connectivity index (χ1v) is 5.99. The van der Waals surface area contributed by atoms with Gasteiger partial charge in [-0.05, 0) is 24.5 Å². The number of para-hydroxylation sites is 1. The summed E-state index contributed by atoms with van der Waals surface area (Å²) in [6.45, 7) is 1.08. The van der Waals surface area contributed by atoms with Gasteiger partial charge >= 0.3 is 6.03 Å². The standard InChI is InChI=1S/C13H14FN3O/c14-10-5-1-3-9-8-4-2-6-17(13(15)18)7-11(8)16-12(9)10/h1,3,5,16H,2,4,6-7H2,(H2,15,18). The van der Waals surface area contributed by atoms with E-state index in [1.165, 1.54) is 6.07 Å². The number of urea groups is 1. The van der Waals surface area contributed by atoms with Crippen molar-refractivity contribution in [2.75, 3.05) is 6.54 Å². The molecule has 0 saturated heterocycles. The van der Waals surface area contributed by atoms with E-state index in [4.69, 9.17) is 5.73 Å². The number of aromatic amines is 1. The Morgan fingerprint density at radius 1 is 1.44 bits per heavy atom. The maximum atomic E-state index is 13.7. The minimum Gasteiger partial charge on any atom is -0.354 e. The highest BCUT2D eigenvalue weighted by Crippen LogP contribution is 2.28. The van der Waals surface area contributed by atoms with Gasteiger partial charge in [0, 0.05) is 17.6 Å². The van der Waals surface area contributed by atoms with Crippen LogP contribution in [-0.2, 0) is 13.0 Å². The minimum atomic E-state index is -0.429. The van der Waals surface area contributed by atoms with Gasteiger partial charge in [0.05, 0.1) is 12.1 Å². The van der Waals surface area contributed by atoms with Crippen molar-refractivity contribution in [3.63, 3.8) is 0 Å². The van der Waals surface area contributed by atoms with Crippen LogP contribution in [-0.4, -0.2) is 22.5 Å². The van der Waals surface area contributed by atoms with E-state index in [-0.39, 0.29) is 5.82 Å². The maximum Gasteiger partial charge on any atom is 0.315 e. The van der Waals surface area contributed by atoms with Crippen molar-refractivity contribution >= 4 is 16.9 Å². The van der Waals surface area contributed by atoms with E-state index in [1.54, 1.807) is 11.0 Å². The Kier molecular flexibility index (Phi) is 2.47. The average molecular weight is 247 g/mol. The molecule has 4 nitrogen and oxygen atoms in total. The summed E-state index contributed by atoms with van der Waals surface area (Å²) in [5.41, 5.74) is 7.84. The number of nitrogens with two attached hydrogens (primary N) is 1. The van der Waals surface area contributed by atoms with Crippen LogP contribution in [0, 0.1) is 5.82 Å². The number of halogens is 1. The summed E-state index contributed by atoms with van der Waals surface area (Å²) < 4.78 is 13.7. The van der Waals surface area contributed by atoms with Crippen LogP contribution in [0.5, 0.6) is 0 Å². The van der Waals surface area contributed by atoms with Crippen LogP contribution in [0.2, 0.25) is 0 Å². The third-order valence-electron chi connectivity index (χ3n) is 3.49. The Labute approximate surface area is 104 Å². The van der Waals surface area contributed by atoms with Gasteiger partial charge in [-0.15, -0.1) is 0 Å². The van der Waals surface area contributed by atoms with Gasteiger partial charge in [0.15, 0.2) is 0 Å². The van der Waals surface area contributed by atoms with Gasteiger partial charge in [-0.25, -0.2) is 9.18 Å². The van der Waals surface area contributed by atoms with Crippen LogP contribution in [0.3, 0.4) is 0 Å². The molecule has 1 aliphatic heterocycles. The Hall–Kier alpha value is -2.04. The molecule has 0 spiro atoms. The lowest BCUT2D eigenvalue weighted by Gasteiger charge is -2.16. The fourth-order valence-electron chi connectivity index (χ4n) is 2.62. The molecule has 0 radical (unpaired) electrons. The summed E-state index contributed by atoms with van der Waals surface area (Å²) in [6.07, 6.45) is 1.68. The number of fused-ring (bicyclic) bond motifs is 3. The molecule has 5 heteroatoms. The van der Waals surface area contributed by atoms with Gasteiger partial charge in [0.25, 0.3) is 0 Å². The van der Waals surface area contributed by atoms with Crippen LogP contribution in [0.25, 0.3) is 10.9 Å². The number of aromatic nitrogens is 1. The third kappa shape index (κ3) is 1.63. The van der Waals surface area contributed by atoms with Gasteiger partial charge in [-0.1, -0.05) is 12.1 Å². The molecular formula is C13H14FN3O. The van der Waals surface area contributed by atoms with Gasteiger partial charge in [0.2, 0.25) is 0 Å². The van der Waals surface area contributed by atoms with Crippen LogP contribution >= 0.6 is 0 Å². The molecule has 3 rings (SSSR count). The normalized spacial score (nSPS) is 15.5. The summed E-state index contributed by atoms with van der Waals surface area (Å²) in [5, 5.41) is 0.913. The first kappa shape index (κ1) is 11.1. The molecule has 2 amide bonds. The fraction of sp³-hybridized carbons (Fsp3) is 0.308. The number of aryl methyl sites for hydroxylation is 1. The number of nitrogens with zero attached hydrogens (tertiary/aromatic N) is 1. The highest BCUT2D eigenvalue weighted by atomic mass is 19.1. The van der Waals surface area contributed by atoms with Gasteiger partial charge in [-0.2, -0.15) is 0 Å². The van der Waals surface area contributed by atoms with Gasteiger partial charge in [0.1, 0.15) is 5.82 Å². The van der Waals surface area contributed by atoms with Crippen LogP contribution < -0.4 is 5.73 Å². The monoisotopic (exact) mass is 247 g/mol. The van der Waals surface area contributed by atoms with Gasteiger partial charge in [-0.3, -0.25) is 0 Å². The molecular weight excluding hydrogens is 233 g/mol. The molecule has 0 unspecified atom stereocenters. The molecule has 3 N–H and O–H groups in total.